The van der Waals surface area contributed by atoms with Gasteiger partial charge in [-0.3, -0.25) is 4.79 Å². The van der Waals surface area contributed by atoms with E-state index in [9.17, 15) is 13.2 Å². The lowest BCUT2D eigenvalue weighted by Gasteiger charge is -2.14. The van der Waals surface area contributed by atoms with Crippen LogP contribution in [0.25, 0.3) is 0 Å². The molecule has 1 unspecified atom stereocenters. The van der Waals surface area contributed by atoms with Crippen molar-refractivity contribution in [1.82, 2.24) is 4.72 Å². The highest BCUT2D eigenvalue weighted by Gasteiger charge is 2.12. The number of carboxylic acids is 1. The zero-order chi connectivity index (χ0) is 14.7. The molecule has 1 atom stereocenters. The molecule has 0 aliphatic rings. The molecule has 0 bridgehead atoms. The number of aliphatic carboxylic acids is 1. The van der Waals surface area contributed by atoms with E-state index in [2.05, 4.69) is 4.72 Å². The summed E-state index contributed by atoms with van der Waals surface area (Å²) in [6.07, 6.45) is 2.24. The fourth-order valence-corrected chi connectivity index (χ4v) is 2.59. The summed E-state index contributed by atoms with van der Waals surface area (Å²) in [7, 11) is -3.28. The number of carbonyl (C=O) groups is 1. The summed E-state index contributed by atoms with van der Waals surface area (Å²) in [4.78, 5) is 10.5. The smallest absolute Gasteiger partial charge is 0.303 e. The molecule has 0 aromatic carbocycles. The van der Waals surface area contributed by atoms with Gasteiger partial charge in [0.2, 0.25) is 10.0 Å². The van der Waals surface area contributed by atoms with E-state index in [0.717, 1.165) is 6.42 Å². The molecule has 0 spiro atoms. The van der Waals surface area contributed by atoms with Crippen molar-refractivity contribution in [3.63, 3.8) is 0 Å². The van der Waals surface area contributed by atoms with Crippen molar-refractivity contribution < 1.29 is 23.1 Å². The number of nitrogens with one attached hydrogen (secondary N) is 1. The molecule has 0 heterocycles. The molecule has 0 fully saturated rings. The molecule has 0 radical (unpaired) electrons. The Morgan fingerprint density at radius 3 is 2.53 bits per heavy atom. The van der Waals surface area contributed by atoms with Crippen molar-refractivity contribution in [1.29, 1.82) is 0 Å². The van der Waals surface area contributed by atoms with Gasteiger partial charge in [-0.15, -0.1) is 0 Å². The standard InChI is InChI=1S/C12H25NO5S/c1-3-11(5-6-12(14)15)7-8-13-19(16,17)10-9-18-4-2/h11,13H,3-10H2,1-2H3,(H,14,15). The van der Waals surface area contributed by atoms with E-state index in [1.807, 2.05) is 13.8 Å². The fraction of sp³-hybridized carbons (Fsp3) is 0.917. The third-order valence-electron chi connectivity index (χ3n) is 2.92. The normalized spacial score (nSPS) is 13.4. The van der Waals surface area contributed by atoms with Gasteiger partial charge in [-0.1, -0.05) is 13.3 Å². The van der Waals surface area contributed by atoms with Crippen molar-refractivity contribution in [3.8, 4) is 0 Å². The van der Waals surface area contributed by atoms with Crippen molar-refractivity contribution in [2.24, 2.45) is 5.92 Å². The van der Waals surface area contributed by atoms with E-state index in [4.69, 9.17) is 9.84 Å². The first-order valence-corrected chi connectivity index (χ1v) is 8.33. The fourth-order valence-electron chi connectivity index (χ4n) is 1.68. The van der Waals surface area contributed by atoms with Crippen LogP contribution in [0.4, 0.5) is 0 Å². The van der Waals surface area contributed by atoms with Crippen LogP contribution >= 0.6 is 0 Å². The van der Waals surface area contributed by atoms with Crippen LogP contribution in [0, 0.1) is 5.92 Å². The van der Waals surface area contributed by atoms with Crippen LogP contribution in [0.2, 0.25) is 0 Å². The molecule has 6 nitrogen and oxygen atoms in total. The average molecular weight is 295 g/mol. The maximum Gasteiger partial charge on any atom is 0.303 e. The number of sulfonamides is 1. The summed E-state index contributed by atoms with van der Waals surface area (Å²) in [6.45, 7) is 4.85. The number of hydrogen-bond donors (Lipinski definition) is 2. The average Bonchev–Trinajstić information content (AvgIpc) is 2.33. The maximum atomic E-state index is 11.6. The molecule has 0 aliphatic carbocycles. The van der Waals surface area contributed by atoms with Crippen LogP contribution in [0.5, 0.6) is 0 Å². The van der Waals surface area contributed by atoms with E-state index in [1.54, 1.807) is 0 Å². The van der Waals surface area contributed by atoms with Gasteiger partial charge >= 0.3 is 5.97 Å². The Balaban J connectivity index is 3.88. The topological polar surface area (TPSA) is 92.7 Å². The van der Waals surface area contributed by atoms with Crippen molar-refractivity contribution in [3.05, 3.63) is 0 Å². The molecule has 0 aromatic rings. The van der Waals surface area contributed by atoms with E-state index in [1.165, 1.54) is 0 Å². The highest BCUT2D eigenvalue weighted by Crippen LogP contribution is 2.14. The second kappa shape index (κ2) is 10.2. The molecule has 0 saturated heterocycles. The molecular formula is C12H25NO5S. The van der Waals surface area contributed by atoms with Gasteiger partial charge in [0.05, 0.1) is 12.4 Å². The zero-order valence-electron chi connectivity index (χ0n) is 11.7. The predicted molar refractivity (Wildman–Crippen MR) is 73.6 cm³/mol. The summed E-state index contributed by atoms with van der Waals surface area (Å²) >= 11 is 0. The second-order valence-electron chi connectivity index (χ2n) is 4.41. The number of hydrogen-bond acceptors (Lipinski definition) is 4. The molecule has 0 amide bonds. The first kappa shape index (κ1) is 18.3. The highest BCUT2D eigenvalue weighted by molar-refractivity contribution is 7.89. The monoisotopic (exact) mass is 295 g/mol. The summed E-state index contributed by atoms with van der Waals surface area (Å²) in [5.41, 5.74) is 0. The van der Waals surface area contributed by atoms with Crippen LogP contribution in [0.3, 0.4) is 0 Å². The Morgan fingerprint density at radius 1 is 1.32 bits per heavy atom. The molecule has 2 N–H and O–H groups in total. The van der Waals surface area contributed by atoms with Crippen LogP contribution in [-0.2, 0) is 19.6 Å². The minimum atomic E-state index is -3.28. The van der Waals surface area contributed by atoms with Gasteiger partial charge in [0.15, 0.2) is 0 Å². The van der Waals surface area contributed by atoms with E-state index in [0.29, 0.717) is 26.0 Å². The Hall–Kier alpha value is -0.660. The van der Waals surface area contributed by atoms with Crippen LogP contribution < -0.4 is 4.72 Å². The molecule has 114 valence electrons. The SMILES string of the molecule is CCOCCS(=O)(=O)NCCC(CC)CCC(=O)O. The molecule has 7 heteroatoms. The van der Waals surface area contributed by atoms with Gasteiger partial charge < -0.3 is 9.84 Å². The van der Waals surface area contributed by atoms with E-state index < -0.39 is 16.0 Å². The number of rotatable bonds is 12. The van der Waals surface area contributed by atoms with Gasteiger partial charge in [0, 0.05) is 19.6 Å². The molecule has 0 rings (SSSR count). The molecule has 0 aromatic heterocycles. The summed E-state index contributed by atoms with van der Waals surface area (Å²) in [5.74, 6) is -0.603. The van der Waals surface area contributed by atoms with Gasteiger partial charge in [-0.2, -0.15) is 0 Å². The Morgan fingerprint density at radius 2 is 2.00 bits per heavy atom. The van der Waals surface area contributed by atoms with Crippen LogP contribution in [0.15, 0.2) is 0 Å². The second-order valence-corrected chi connectivity index (χ2v) is 6.33. The lowest BCUT2D eigenvalue weighted by molar-refractivity contribution is -0.137. The van der Waals surface area contributed by atoms with Gasteiger partial charge in [-0.05, 0) is 25.7 Å². The largest absolute Gasteiger partial charge is 0.481 e. The lowest BCUT2D eigenvalue weighted by atomic mass is 9.97. The number of carboxylic acid groups (broad SMARTS) is 1. The van der Waals surface area contributed by atoms with Gasteiger partial charge in [0.25, 0.3) is 0 Å². The van der Waals surface area contributed by atoms with Gasteiger partial charge in [0.1, 0.15) is 0 Å². The van der Waals surface area contributed by atoms with Crippen LogP contribution in [-0.4, -0.2) is 45.0 Å². The number of ether oxygens (including phenoxy) is 1. The Labute approximate surface area is 115 Å². The minimum absolute atomic E-state index is 0.0350. The molecule has 19 heavy (non-hydrogen) atoms. The molecular weight excluding hydrogens is 270 g/mol. The van der Waals surface area contributed by atoms with Crippen molar-refractivity contribution >= 4 is 16.0 Å². The van der Waals surface area contributed by atoms with Crippen molar-refractivity contribution in [2.75, 3.05) is 25.5 Å². The molecule has 0 saturated carbocycles. The van der Waals surface area contributed by atoms with Gasteiger partial charge in [-0.25, -0.2) is 13.1 Å². The summed E-state index contributed by atoms with van der Waals surface area (Å²) in [6, 6.07) is 0. The quantitative estimate of drug-likeness (QED) is 0.528. The third kappa shape index (κ3) is 10.9. The zero-order valence-corrected chi connectivity index (χ0v) is 12.5. The van der Waals surface area contributed by atoms with Crippen molar-refractivity contribution in [2.45, 2.75) is 39.5 Å². The summed E-state index contributed by atoms with van der Waals surface area (Å²) in [5, 5.41) is 8.61. The maximum absolute atomic E-state index is 11.6. The Bertz CT molecular complexity index is 342. The van der Waals surface area contributed by atoms with Crippen LogP contribution in [0.1, 0.15) is 39.5 Å². The van der Waals surface area contributed by atoms with E-state index >= 15 is 0 Å². The molecule has 0 aliphatic heterocycles. The van der Waals surface area contributed by atoms with E-state index in [-0.39, 0.29) is 24.7 Å². The highest BCUT2D eigenvalue weighted by atomic mass is 32.2. The third-order valence-corrected chi connectivity index (χ3v) is 4.27. The first-order chi connectivity index (χ1) is 8.91. The predicted octanol–water partition coefficient (Wildman–Crippen LogP) is 1.22. The Kier molecular flexibility index (Phi) is 9.81. The summed E-state index contributed by atoms with van der Waals surface area (Å²) < 4.78 is 30.6. The lowest BCUT2D eigenvalue weighted by Crippen LogP contribution is -2.30. The minimum Gasteiger partial charge on any atom is -0.481 e. The first-order valence-electron chi connectivity index (χ1n) is 6.68.